The Morgan fingerprint density at radius 3 is 2.76 bits per heavy atom. The van der Waals surface area contributed by atoms with Gasteiger partial charge in [-0.15, -0.1) is 11.8 Å². The standard InChI is InChI=1S/C20H23ClN2OS/c1-3-14(2)22-20(24)16-6-9-19-18(12-16)23(10-11-25-19)13-15-4-7-17(21)8-5-15/h4-9,12,14H,3,10-11,13H2,1-2H3,(H,22,24). The van der Waals surface area contributed by atoms with Crippen molar-refractivity contribution in [2.24, 2.45) is 0 Å². The van der Waals surface area contributed by atoms with Gasteiger partial charge in [-0.25, -0.2) is 0 Å². The number of thioether (sulfide) groups is 1. The van der Waals surface area contributed by atoms with Gasteiger partial charge in [-0.2, -0.15) is 0 Å². The molecule has 0 aliphatic carbocycles. The van der Waals surface area contributed by atoms with E-state index in [0.717, 1.165) is 41.5 Å². The zero-order chi connectivity index (χ0) is 17.8. The number of halogens is 1. The summed E-state index contributed by atoms with van der Waals surface area (Å²) in [5.41, 5.74) is 3.09. The second-order valence-electron chi connectivity index (χ2n) is 6.36. The van der Waals surface area contributed by atoms with Gasteiger partial charge in [-0.05, 0) is 49.2 Å². The van der Waals surface area contributed by atoms with Crippen LogP contribution in [0.25, 0.3) is 0 Å². The predicted octanol–water partition coefficient (Wildman–Crippen LogP) is 4.98. The molecule has 1 amide bonds. The van der Waals surface area contributed by atoms with Gasteiger partial charge in [0.05, 0.1) is 5.69 Å². The maximum Gasteiger partial charge on any atom is 0.251 e. The van der Waals surface area contributed by atoms with E-state index in [1.807, 2.05) is 43.0 Å². The van der Waals surface area contributed by atoms with Gasteiger partial charge in [0, 0.05) is 40.4 Å². The minimum atomic E-state index is -0.000772. The molecule has 1 atom stereocenters. The highest BCUT2D eigenvalue weighted by atomic mass is 35.5. The molecule has 25 heavy (non-hydrogen) atoms. The first-order valence-electron chi connectivity index (χ1n) is 8.64. The molecule has 0 saturated heterocycles. The van der Waals surface area contributed by atoms with Crippen LogP contribution in [0.5, 0.6) is 0 Å². The molecule has 0 bridgehead atoms. The third-order valence-corrected chi connectivity index (χ3v) is 5.75. The first kappa shape index (κ1) is 18.2. The van der Waals surface area contributed by atoms with Crippen LogP contribution in [0, 0.1) is 0 Å². The number of amides is 1. The van der Waals surface area contributed by atoms with Gasteiger partial charge in [0.2, 0.25) is 0 Å². The molecule has 1 N–H and O–H groups in total. The molecule has 2 aromatic carbocycles. The van der Waals surface area contributed by atoms with E-state index >= 15 is 0 Å². The molecule has 0 spiro atoms. The Morgan fingerprint density at radius 2 is 2.04 bits per heavy atom. The largest absolute Gasteiger partial charge is 0.365 e. The molecule has 0 fully saturated rings. The molecule has 132 valence electrons. The van der Waals surface area contributed by atoms with Crippen molar-refractivity contribution in [1.29, 1.82) is 0 Å². The molecule has 1 unspecified atom stereocenters. The molecular formula is C20H23ClN2OS. The van der Waals surface area contributed by atoms with Crippen molar-refractivity contribution in [3.8, 4) is 0 Å². The van der Waals surface area contributed by atoms with Crippen LogP contribution in [-0.2, 0) is 6.54 Å². The van der Waals surface area contributed by atoms with Gasteiger partial charge in [0.25, 0.3) is 5.91 Å². The number of carbonyl (C=O) groups is 1. The lowest BCUT2D eigenvalue weighted by molar-refractivity contribution is 0.0939. The van der Waals surface area contributed by atoms with Crippen LogP contribution in [0.3, 0.4) is 0 Å². The highest BCUT2D eigenvalue weighted by Crippen LogP contribution is 2.36. The Bertz CT molecular complexity index is 748. The summed E-state index contributed by atoms with van der Waals surface area (Å²) < 4.78 is 0. The van der Waals surface area contributed by atoms with Crippen LogP contribution in [-0.4, -0.2) is 24.2 Å². The fourth-order valence-corrected chi connectivity index (χ4v) is 3.96. The maximum absolute atomic E-state index is 12.5. The van der Waals surface area contributed by atoms with E-state index in [9.17, 15) is 4.79 Å². The topological polar surface area (TPSA) is 32.3 Å². The van der Waals surface area contributed by atoms with Gasteiger partial charge < -0.3 is 10.2 Å². The van der Waals surface area contributed by atoms with Crippen LogP contribution in [0.2, 0.25) is 5.02 Å². The summed E-state index contributed by atoms with van der Waals surface area (Å²) in [6.07, 6.45) is 0.926. The molecule has 1 aliphatic rings. The van der Waals surface area contributed by atoms with Crippen molar-refractivity contribution in [2.75, 3.05) is 17.2 Å². The number of hydrogen-bond donors (Lipinski definition) is 1. The van der Waals surface area contributed by atoms with Gasteiger partial charge in [-0.1, -0.05) is 30.7 Å². The lowest BCUT2D eigenvalue weighted by Crippen LogP contribution is -2.33. The van der Waals surface area contributed by atoms with E-state index in [1.165, 1.54) is 10.5 Å². The summed E-state index contributed by atoms with van der Waals surface area (Å²) in [4.78, 5) is 16.0. The third-order valence-electron chi connectivity index (χ3n) is 4.46. The quantitative estimate of drug-likeness (QED) is 0.800. The summed E-state index contributed by atoms with van der Waals surface area (Å²) in [6, 6.07) is 14.2. The Labute approximate surface area is 158 Å². The summed E-state index contributed by atoms with van der Waals surface area (Å²) in [5.74, 6) is 1.05. The lowest BCUT2D eigenvalue weighted by Gasteiger charge is -2.31. The third kappa shape index (κ3) is 4.50. The smallest absolute Gasteiger partial charge is 0.251 e. The summed E-state index contributed by atoms with van der Waals surface area (Å²) in [5, 5.41) is 3.80. The van der Waals surface area contributed by atoms with E-state index in [0.29, 0.717) is 0 Å². The maximum atomic E-state index is 12.5. The molecule has 1 heterocycles. The Morgan fingerprint density at radius 1 is 1.28 bits per heavy atom. The highest BCUT2D eigenvalue weighted by molar-refractivity contribution is 7.99. The van der Waals surface area contributed by atoms with E-state index in [4.69, 9.17) is 11.6 Å². The second-order valence-corrected chi connectivity index (χ2v) is 7.93. The van der Waals surface area contributed by atoms with Gasteiger partial charge >= 0.3 is 0 Å². The fraction of sp³-hybridized carbons (Fsp3) is 0.350. The van der Waals surface area contributed by atoms with Crippen molar-refractivity contribution in [2.45, 2.75) is 37.8 Å². The molecule has 1 aliphatic heterocycles. The van der Waals surface area contributed by atoms with Crippen molar-refractivity contribution in [1.82, 2.24) is 5.32 Å². The number of benzene rings is 2. The summed E-state index contributed by atoms with van der Waals surface area (Å²) >= 11 is 7.83. The van der Waals surface area contributed by atoms with Crippen LogP contribution in [0.4, 0.5) is 5.69 Å². The SMILES string of the molecule is CCC(C)NC(=O)c1ccc2c(c1)N(Cc1ccc(Cl)cc1)CCS2. The molecule has 5 heteroatoms. The fourth-order valence-electron chi connectivity index (χ4n) is 2.80. The predicted molar refractivity (Wildman–Crippen MR) is 107 cm³/mol. The zero-order valence-electron chi connectivity index (χ0n) is 14.6. The zero-order valence-corrected chi connectivity index (χ0v) is 16.2. The molecular weight excluding hydrogens is 352 g/mol. The summed E-state index contributed by atoms with van der Waals surface area (Å²) in [7, 11) is 0. The number of nitrogens with zero attached hydrogens (tertiary/aromatic N) is 1. The number of rotatable bonds is 5. The van der Waals surface area contributed by atoms with E-state index in [1.54, 1.807) is 0 Å². The molecule has 0 aromatic heterocycles. The average Bonchev–Trinajstić information content (AvgIpc) is 2.63. The normalized spacial score (nSPS) is 14.8. The Hall–Kier alpha value is -1.65. The number of hydrogen-bond acceptors (Lipinski definition) is 3. The van der Waals surface area contributed by atoms with Crippen molar-refractivity contribution in [3.63, 3.8) is 0 Å². The van der Waals surface area contributed by atoms with Crippen LogP contribution >= 0.6 is 23.4 Å². The molecule has 0 saturated carbocycles. The van der Waals surface area contributed by atoms with Crippen molar-refractivity contribution < 1.29 is 4.79 Å². The Kier molecular flexibility index (Phi) is 5.92. The molecule has 3 nitrogen and oxygen atoms in total. The number of fused-ring (bicyclic) bond motifs is 1. The summed E-state index contributed by atoms with van der Waals surface area (Å²) in [6.45, 7) is 5.89. The lowest BCUT2D eigenvalue weighted by atomic mass is 10.1. The number of nitrogens with one attached hydrogen (secondary N) is 1. The van der Waals surface area contributed by atoms with E-state index in [-0.39, 0.29) is 11.9 Å². The van der Waals surface area contributed by atoms with Crippen molar-refractivity contribution in [3.05, 3.63) is 58.6 Å². The van der Waals surface area contributed by atoms with Gasteiger partial charge in [-0.3, -0.25) is 4.79 Å². The van der Waals surface area contributed by atoms with E-state index < -0.39 is 0 Å². The first-order chi connectivity index (χ1) is 12.1. The Balaban J connectivity index is 1.82. The van der Waals surface area contributed by atoms with E-state index in [2.05, 4.69) is 35.3 Å². The second kappa shape index (κ2) is 8.15. The number of carbonyl (C=O) groups excluding carboxylic acids is 1. The minimum Gasteiger partial charge on any atom is -0.365 e. The monoisotopic (exact) mass is 374 g/mol. The molecule has 0 radical (unpaired) electrons. The van der Waals surface area contributed by atoms with Crippen LogP contribution in [0.15, 0.2) is 47.4 Å². The highest BCUT2D eigenvalue weighted by Gasteiger charge is 2.20. The van der Waals surface area contributed by atoms with Crippen LogP contribution < -0.4 is 10.2 Å². The molecule has 3 rings (SSSR count). The first-order valence-corrected chi connectivity index (χ1v) is 10.00. The molecule has 2 aromatic rings. The minimum absolute atomic E-state index is 0.000772. The average molecular weight is 375 g/mol. The van der Waals surface area contributed by atoms with Gasteiger partial charge in [0.1, 0.15) is 0 Å². The number of anilines is 1. The van der Waals surface area contributed by atoms with Crippen LogP contribution in [0.1, 0.15) is 36.2 Å². The van der Waals surface area contributed by atoms with Gasteiger partial charge in [0.15, 0.2) is 0 Å². The van der Waals surface area contributed by atoms with Crippen molar-refractivity contribution >= 4 is 35.0 Å².